The third-order valence-corrected chi connectivity index (χ3v) is 0.847. The summed E-state index contributed by atoms with van der Waals surface area (Å²) in [7, 11) is 0. The third kappa shape index (κ3) is 2.93. The molecule has 0 heterocycles. The van der Waals surface area contributed by atoms with Crippen LogP contribution in [0.2, 0.25) is 0 Å². The summed E-state index contributed by atoms with van der Waals surface area (Å²) in [6.07, 6.45) is -16.7. The number of ether oxygens (including phenoxy) is 1. The quantitative estimate of drug-likeness (QED) is 0.682. The Bertz CT molecular complexity index is 193. The van der Waals surface area contributed by atoms with Gasteiger partial charge in [-0.2, -0.15) is 26.3 Å². The molecule has 0 fully saturated rings. The maximum atomic E-state index is 11.8. The van der Waals surface area contributed by atoms with Crippen molar-refractivity contribution in [2.24, 2.45) is 0 Å². The fourth-order valence-corrected chi connectivity index (χ4v) is 0.319. The molecule has 10 heteroatoms. The molecule has 14 heavy (non-hydrogen) atoms. The SMILES string of the molecule is F[C](F)C(F)(F)C(F)(F)OC(F)(F)F. The summed E-state index contributed by atoms with van der Waals surface area (Å²) in [5.41, 5.74) is 0. The Labute approximate surface area is 70.4 Å². The van der Waals surface area contributed by atoms with Crippen molar-refractivity contribution in [1.82, 2.24) is 0 Å². The molecule has 1 radical (unpaired) electrons. The lowest BCUT2D eigenvalue weighted by Gasteiger charge is -2.24. The highest BCUT2D eigenvalue weighted by Gasteiger charge is 2.69. The minimum Gasteiger partial charge on any atom is -0.221 e. The third-order valence-electron chi connectivity index (χ3n) is 0.847. The molecule has 85 valence electrons. The molecule has 0 amide bonds. The first-order chi connectivity index (χ1) is 5.90. The Morgan fingerprint density at radius 1 is 0.786 bits per heavy atom. The molecule has 0 aliphatic heterocycles. The molecule has 0 aliphatic rings. The number of hydrogen-bond donors (Lipinski definition) is 0. The van der Waals surface area contributed by atoms with Gasteiger partial charge in [-0.15, -0.1) is 13.2 Å². The highest BCUT2D eigenvalue weighted by atomic mass is 19.4. The van der Waals surface area contributed by atoms with Crippen LogP contribution in [0.4, 0.5) is 39.5 Å². The summed E-state index contributed by atoms with van der Waals surface area (Å²) >= 11 is 0. The van der Waals surface area contributed by atoms with E-state index in [4.69, 9.17) is 0 Å². The summed E-state index contributed by atoms with van der Waals surface area (Å²) in [5.74, 6) is -6.29. The van der Waals surface area contributed by atoms with E-state index in [2.05, 4.69) is 0 Å². The summed E-state index contributed by atoms with van der Waals surface area (Å²) in [4.78, 5) is 0. The predicted molar refractivity (Wildman–Crippen MR) is 22.5 cm³/mol. The molecule has 0 saturated heterocycles. The Morgan fingerprint density at radius 3 is 1.36 bits per heavy atom. The van der Waals surface area contributed by atoms with Crippen molar-refractivity contribution in [3.05, 3.63) is 6.43 Å². The fourth-order valence-electron chi connectivity index (χ4n) is 0.319. The summed E-state index contributed by atoms with van der Waals surface area (Å²) in [6.45, 7) is 0. The highest BCUT2D eigenvalue weighted by Crippen LogP contribution is 2.46. The Morgan fingerprint density at radius 2 is 1.14 bits per heavy atom. The molecule has 0 rings (SSSR count). The fraction of sp³-hybridized carbons (Fsp3) is 0.750. The molecular weight excluding hydrogens is 235 g/mol. The molecule has 0 aromatic carbocycles. The first-order valence-corrected chi connectivity index (χ1v) is 2.61. The van der Waals surface area contributed by atoms with Gasteiger partial charge < -0.3 is 0 Å². The van der Waals surface area contributed by atoms with E-state index in [1.165, 1.54) is 0 Å². The highest BCUT2D eigenvalue weighted by molar-refractivity contribution is 4.91. The van der Waals surface area contributed by atoms with Crippen molar-refractivity contribution < 1.29 is 44.3 Å². The Hall–Kier alpha value is -0.670. The van der Waals surface area contributed by atoms with Gasteiger partial charge in [0.25, 0.3) is 0 Å². The van der Waals surface area contributed by atoms with Gasteiger partial charge in [0.1, 0.15) is 0 Å². The Balaban J connectivity index is 4.78. The van der Waals surface area contributed by atoms with E-state index in [-0.39, 0.29) is 0 Å². The maximum absolute atomic E-state index is 11.8. The van der Waals surface area contributed by atoms with Crippen molar-refractivity contribution in [1.29, 1.82) is 0 Å². The maximum Gasteiger partial charge on any atom is 0.527 e. The minimum atomic E-state index is -6.34. The summed E-state index contributed by atoms with van der Waals surface area (Å²) in [5, 5.41) is 0. The van der Waals surface area contributed by atoms with Crippen molar-refractivity contribution in [2.75, 3.05) is 0 Å². The largest absolute Gasteiger partial charge is 0.527 e. The first kappa shape index (κ1) is 13.3. The molecule has 0 atom stereocenters. The van der Waals surface area contributed by atoms with Gasteiger partial charge in [-0.1, -0.05) is 0 Å². The molecule has 0 aliphatic carbocycles. The number of hydrogen-bond acceptors (Lipinski definition) is 1. The zero-order chi connectivity index (χ0) is 11.8. The van der Waals surface area contributed by atoms with Gasteiger partial charge in [0.15, 0.2) is 0 Å². The minimum absolute atomic E-state index is 1.57. The van der Waals surface area contributed by atoms with E-state index in [0.29, 0.717) is 0 Å². The first-order valence-electron chi connectivity index (χ1n) is 2.61. The second-order valence-electron chi connectivity index (χ2n) is 1.90. The summed E-state index contributed by atoms with van der Waals surface area (Å²) in [6, 6.07) is 0. The van der Waals surface area contributed by atoms with Crippen molar-refractivity contribution >= 4 is 0 Å². The molecule has 0 aromatic heterocycles. The monoisotopic (exact) mass is 235 g/mol. The van der Waals surface area contributed by atoms with E-state index in [1.807, 2.05) is 0 Å². The second kappa shape index (κ2) is 3.48. The van der Waals surface area contributed by atoms with Gasteiger partial charge in [-0.25, -0.2) is 4.74 Å². The zero-order valence-corrected chi connectivity index (χ0v) is 5.81. The Kier molecular flexibility index (Phi) is 3.31. The van der Waals surface area contributed by atoms with Crippen LogP contribution in [0.15, 0.2) is 0 Å². The predicted octanol–water partition coefficient (Wildman–Crippen LogP) is 3.18. The molecule has 0 aromatic rings. The van der Waals surface area contributed by atoms with Crippen LogP contribution in [0.5, 0.6) is 0 Å². The smallest absolute Gasteiger partial charge is 0.221 e. The van der Waals surface area contributed by atoms with Crippen LogP contribution < -0.4 is 0 Å². The van der Waals surface area contributed by atoms with Crippen LogP contribution >= 0.6 is 0 Å². The van der Waals surface area contributed by atoms with Crippen LogP contribution in [0, 0.1) is 6.43 Å². The van der Waals surface area contributed by atoms with Crippen LogP contribution in [-0.2, 0) is 4.74 Å². The summed E-state index contributed by atoms with van der Waals surface area (Å²) < 4.78 is 104. The molecule has 1 nitrogen and oxygen atoms in total. The van der Waals surface area contributed by atoms with E-state index in [0.717, 1.165) is 0 Å². The topological polar surface area (TPSA) is 9.23 Å². The molecule has 0 spiro atoms. The molecular formula is C4F9O. The van der Waals surface area contributed by atoms with Gasteiger partial charge in [0.2, 0.25) is 0 Å². The lowest BCUT2D eigenvalue weighted by atomic mass is 10.3. The van der Waals surface area contributed by atoms with E-state index >= 15 is 0 Å². The normalized spacial score (nSPS) is 15.0. The van der Waals surface area contributed by atoms with E-state index < -0.39 is 24.8 Å². The zero-order valence-electron chi connectivity index (χ0n) is 5.81. The van der Waals surface area contributed by atoms with Gasteiger partial charge >= 0.3 is 24.8 Å². The lowest BCUT2D eigenvalue weighted by Crippen LogP contribution is -2.48. The van der Waals surface area contributed by atoms with Crippen molar-refractivity contribution in [3.8, 4) is 0 Å². The van der Waals surface area contributed by atoms with Crippen molar-refractivity contribution in [2.45, 2.75) is 18.4 Å². The van der Waals surface area contributed by atoms with Gasteiger partial charge in [0.05, 0.1) is 0 Å². The van der Waals surface area contributed by atoms with E-state index in [9.17, 15) is 39.5 Å². The molecule has 0 saturated carbocycles. The van der Waals surface area contributed by atoms with Crippen LogP contribution in [-0.4, -0.2) is 18.4 Å². The van der Waals surface area contributed by atoms with Gasteiger partial charge in [-0.05, 0) is 0 Å². The van der Waals surface area contributed by atoms with Crippen LogP contribution in [0.3, 0.4) is 0 Å². The number of alkyl halides is 7. The molecule has 0 bridgehead atoms. The average Bonchev–Trinajstić information content (AvgIpc) is 1.80. The molecule has 0 N–H and O–H groups in total. The van der Waals surface area contributed by atoms with Crippen molar-refractivity contribution in [3.63, 3.8) is 0 Å². The second-order valence-corrected chi connectivity index (χ2v) is 1.90. The lowest BCUT2D eigenvalue weighted by molar-refractivity contribution is -0.467. The van der Waals surface area contributed by atoms with Crippen LogP contribution in [0.1, 0.15) is 0 Å². The van der Waals surface area contributed by atoms with E-state index in [1.54, 1.807) is 4.74 Å². The van der Waals surface area contributed by atoms with Gasteiger partial charge in [0, 0.05) is 0 Å². The number of halogens is 9. The average molecular weight is 235 g/mol. The van der Waals surface area contributed by atoms with Crippen LogP contribution in [0.25, 0.3) is 0 Å². The van der Waals surface area contributed by atoms with Gasteiger partial charge in [-0.3, -0.25) is 0 Å². The number of rotatable bonds is 3. The standard InChI is InChI=1S/C4F9O/c5-1(6)2(7,8)3(9,10)14-4(11,12)13. The molecule has 0 unspecified atom stereocenters.